The van der Waals surface area contributed by atoms with Gasteiger partial charge in [0.05, 0.1) is 26.0 Å². The minimum Gasteiger partial charge on any atom is -0.493 e. The number of carbonyl (C=O) groups is 1. The Hall–Kier alpha value is -3.12. The van der Waals surface area contributed by atoms with Crippen molar-refractivity contribution >= 4 is 17.7 Å². The van der Waals surface area contributed by atoms with Crippen molar-refractivity contribution in [2.75, 3.05) is 14.2 Å². The summed E-state index contributed by atoms with van der Waals surface area (Å²) in [6.07, 6.45) is 2.34. The first-order valence-electron chi connectivity index (χ1n) is 11.6. The molecule has 1 amide bonds. The molecule has 0 fully saturated rings. The summed E-state index contributed by atoms with van der Waals surface area (Å²) in [5.41, 5.74) is 3.52. The third-order valence-electron chi connectivity index (χ3n) is 5.83. The van der Waals surface area contributed by atoms with Crippen LogP contribution in [0.15, 0.2) is 70.5 Å². The van der Waals surface area contributed by atoms with E-state index in [0.29, 0.717) is 23.7 Å². The molecule has 0 aliphatic rings. The Labute approximate surface area is 212 Å². The number of methoxy groups -OCH3 is 2. The van der Waals surface area contributed by atoms with Crippen LogP contribution in [0.3, 0.4) is 0 Å². The fourth-order valence-electron chi connectivity index (χ4n) is 3.69. The van der Waals surface area contributed by atoms with Gasteiger partial charge in [0.15, 0.2) is 17.3 Å². The molecule has 1 N–H and O–H groups in total. The lowest BCUT2D eigenvalue weighted by Crippen LogP contribution is -2.28. The molecule has 0 aliphatic heterocycles. The van der Waals surface area contributed by atoms with Crippen molar-refractivity contribution in [3.05, 3.63) is 89.4 Å². The molecule has 0 saturated carbocycles. The third kappa shape index (κ3) is 6.73. The molecule has 3 rings (SSSR count). The molecule has 3 aromatic rings. The van der Waals surface area contributed by atoms with Gasteiger partial charge in [0.1, 0.15) is 5.76 Å². The first-order chi connectivity index (χ1) is 16.7. The number of hydrogen-bond donors (Lipinski definition) is 1. The molecule has 5 nitrogen and oxygen atoms in total. The molecule has 186 valence electrons. The first-order valence-corrected chi connectivity index (χ1v) is 12.6. The van der Waals surface area contributed by atoms with Gasteiger partial charge in [0.25, 0.3) is 5.91 Å². The summed E-state index contributed by atoms with van der Waals surface area (Å²) >= 11 is 1.72. The predicted octanol–water partition coefficient (Wildman–Crippen LogP) is 7.24. The predicted molar refractivity (Wildman–Crippen MR) is 143 cm³/mol. The van der Waals surface area contributed by atoms with E-state index in [1.807, 2.05) is 24.3 Å². The molecular weight excluding hydrogens is 458 g/mol. The second-order valence-corrected chi connectivity index (χ2v) is 10.5. The van der Waals surface area contributed by atoms with E-state index in [1.165, 1.54) is 16.0 Å². The monoisotopic (exact) mass is 493 g/mol. The highest BCUT2D eigenvalue weighted by atomic mass is 32.2. The van der Waals surface area contributed by atoms with Crippen LogP contribution >= 0.6 is 11.8 Å². The van der Waals surface area contributed by atoms with Crippen LogP contribution in [0.5, 0.6) is 11.5 Å². The molecule has 1 unspecified atom stereocenters. The van der Waals surface area contributed by atoms with E-state index in [1.54, 1.807) is 38.1 Å². The van der Waals surface area contributed by atoms with E-state index in [2.05, 4.69) is 57.8 Å². The summed E-state index contributed by atoms with van der Waals surface area (Å²) in [4.78, 5) is 14.2. The Morgan fingerprint density at radius 2 is 1.83 bits per heavy atom. The van der Waals surface area contributed by atoms with Gasteiger partial charge >= 0.3 is 0 Å². The average Bonchev–Trinajstić information content (AvgIpc) is 3.31. The number of thioether (sulfide) groups is 1. The topological polar surface area (TPSA) is 60.7 Å². The molecular formula is C29H35NO4S. The molecule has 2 aromatic carbocycles. The van der Waals surface area contributed by atoms with Crippen molar-refractivity contribution in [1.82, 2.24) is 5.32 Å². The highest BCUT2D eigenvalue weighted by molar-refractivity contribution is 7.98. The van der Waals surface area contributed by atoms with Gasteiger partial charge in [0.2, 0.25) is 0 Å². The summed E-state index contributed by atoms with van der Waals surface area (Å²) in [7, 11) is 3.18. The zero-order valence-corrected chi connectivity index (χ0v) is 22.3. The minimum absolute atomic E-state index is 0.0921. The van der Waals surface area contributed by atoms with Crippen LogP contribution in [0, 0.1) is 6.92 Å². The second kappa shape index (κ2) is 11.5. The highest BCUT2D eigenvalue weighted by Gasteiger charge is 2.20. The number of amides is 1. The molecule has 6 heteroatoms. The van der Waals surface area contributed by atoms with E-state index < -0.39 is 0 Å². The number of nitrogens with one attached hydrogen (secondary N) is 1. The van der Waals surface area contributed by atoms with Crippen molar-refractivity contribution in [2.24, 2.45) is 0 Å². The summed E-state index contributed by atoms with van der Waals surface area (Å²) in [6, 6.07) is 15.5. The normalized spacial score (nSPS) is 12.2. The molecule has 0 bridgehead atoms. The summed E-state index contributed by atoms with van der Waals surface area (Å²) in [6.45, 7) is 12.6. The number of carbonyl (C=O) groups excluding carboxylic acids is 1. The van der Waals surface area contributed by atoms with Crippen LogP contribution in [0.4, 0.5) is 0 Å². The van der Waals surface area contributed by atoms with Crippen molar-refractivity contribution in [3.8, 4) is 11.5 Å². The van der Waals surface area contributed by atoms with Gasteiger partial charge in [-0.3, -0.25) is 4.79 Å². The number of rotatable bonds is 10. The van der Waals surface area contributed by atoms with Crippen molar-refractivity contribution in [3.63, 3.8) is 0 Å². The largest absolute Gasteiger partial charge is 0.493 e. The molecule has 1 atom stereocenters. The fourth-order valence-corrected chi connectivity index (χ4v) is 4.65. The second-order valence-electron chi connectivity index (χ2n) is 9.45. The van der Waals surface area contributed by atoms with Crippen molar-refractivity contribution in [2.45, 2.75) is 56.2 Å². The SMILES string of the molecule is C=CCC(NC(=O)c1ccc(CSc2cc(C(C)(C)C)ccc2C)o1)c1ccc(OC)c(OC)c1. The molecule has 0 aliphatic carbocycles. The molecule has 0 spiro atoms. The molecule has 0 radical (unpaired) electrons. The quantitative estimate of drug-likeness (QED) is 0.238. The number of aryl methyl sites for hydroxylation is 1. The van der Waals surface area contributed by atoms with Gasteiger partial charge in [-0.05, 0) is 65.8 Å². The summed E-state index contributed by atoms with van der Waals surface area (Å²) in [5, 5.41) is 3.05. The maximum absolute atomic E-state index is 13.0. The van der Waals surface area contributed by atoms with Gasteiger partial charge in [-0.2, -0.15) is 0 Å². The summed E-state index contributed by atoms with van der Waals surface area (Å²) in [5.74, 6) is 2.66. The van der Waals surface area contributed by atoms with E-state index >= 15 is 0 Å². The lowest BCUT2D eigenvalue weighted by atomic mass is 9.87. The lowest BCUT2D eigenvalue weighted by Gasteiger charge is -2.20. The number of ether oxygens (including phenoxy) is 2. The van der Waals surface area contributed by atoms with E-state index in [0.717, 1.165) is 11.3 Å². The van der Waals surface area contributed by atoms with E-state index in [9.17, 15) is 4.79 Å². The van der Waals surface area contributed by atoms with Crippen LogP contribution in [-0.4, -0.2) is 20.1 Å². The smallest absolute Gasteiger partial charge is 0.287 e. The fraction of sp³-hybridized carbons (Fsp3) is 0.345. The zero-order chi connectivity index (χ0) is 25.6. The van der Waals surface area contributed by atoms with Crippen LogP contribution in [-0.2, 0) is 11.2 Å². The van der Waals surface area contributed by atoms with E-state index in [-0.39, 0.29) is 23.1 Å². The molecule has 35 heavy (non-hydrogen) atoms. The lowest BCUT2D eigenvalue weighted by molar-refractivity contribution is 0.0907. The summed E-state index contributed by atoms with van der Waals surface area (Å²) < 4.78 is 16.6. The van der Waals surface area contributed by atoms with Gasteiger partial charge in [-0.25, -0.2) is 0 Å². The third-order valence-corrected chi connectivity index (χ3v) is 7.01. The Kier molecular flexibility index (Phi) is 8.73. The number of hydrogen-bond acceptors (Lipinski definition) is 5. The van der Waals surface area contributed by atoms with Gasteiger partial charge in [-0.15, -0.1) is 18.3 Å². The van der Waals surface area contributed by atoms with Gasteiger partial charge < -0.3 is 19.2 Å². The first kappa shape index (κ1) is 26.5. The number of furan rings is 1. The Morgan fingerprint density at radius 1 is 1.09 bits per heavy atom. The maximum atomic E-state index is 13.0. The zero-order valence-electron chi connectivity index (χ0n) is 21.4. The standard InChI is InChI=1S/C29H35NO4S/c1-8-9-23(20-11-14-24(32-6)26(16-20)33-7)30-28(31)25-15-13-22(34-25)18-35-27-17-21(29(3,4)5)12-10-19(27)2/h8,10-17,23H,1,9,18H2,2-7H3,(H,30,31). The van der Waals surface area contributed by atoms with Crippen LogP contribution < -0.4 is 14.8 Å². The maximum Gasteiger partial charge on any atom is 0.287 e. The Bertz CT molecular complexity index is 1180. The molecule has 0 saturated heterocycles. The molecule has 1 aromatic heterocycles. The van der Waals surface area contributed by atoms with Gasteiger partial charge in [-0.1, -0.05) is 45.0 Å². The van der Waals surface area contributed by atoms with Gasteiger partial charge in [0, 0.05) is 4.90 Å². The minimum atomic E-state index is -0.273. The van der Waals surface area contributed by atoms with Crippen LogP contribution in [0.25, 0.3) is 0 Å². The Morgan fingerprint density at radius 3 is 2.49 bits per heavy atom. The Balaban J connectivity index is 1.70. The molecule has 1 heterocycles. The van der Waals surface area contributed by atoms with Crippen LogP contribution in [0.1, 0.15) is 66.2 Å². The van der Waals surface area contributed by atoms with Crippen LogP contribution in [0.2, 0.25) is 0 Å². The van der Waals surface area contributed by atoms with Crippen molar-refractivity contribution < 1.29 is 18.7 Å². The number of benzene rings is 2. The van der Waals surface area contributed by atoms with Crippen molar-refractivity contribution in [1.29, 1.82) is 0 Å². The highest BCUT2D eigenvalue weighted by Crippen LogP contribution is 2.33. The van der Waals surface area contributed by atoms with E-state index in [4.69, 9.17) is 13.9 Å². The average molecular weight is 494 g/mol.